The Kier molecular flexibility index (Phi) is 4.90. The molecule has 2 aromatic carbocycles. The summed E-state index contributed by atoms with van der Waals surface area (Å²) in [4.78, 5) is 14.2. The van der Waals surface area contributed by atoms with E-state index < -0.39 is 5.67 Å². The SMILES string of the molecule is CC(C)(F)C(c1ccccc1)N1CCC(c2ccc3c(c2)CCC3=O)CC1. The van der Waals surface area contributed by atoms with Gasteiger partial charge in [0.2, 0.25) is 0 Å². The third kappa shape index (κ3) is 3.70. The van der Waals surface area contributed by atoms with Crippen molar-refractivity contribution in [1.29, 1.82) is 0 Å². The van der Waals surface area contributed by atoms with E-state index in [1.54, 1.807) is 13.8 Å². The van der Waals surface area contributed by atoms with E-state index in [-0.39, 0.29) is 11.8 Å². The van der Waals surface area contributed by atoms with Crippen LogP contribution in [-0.2, 0) is 6.42 Å². The number of ketones is 1. The molecular weight excluding hydrogens is 337 g/mol. The van der Waals surface area contributed by atoms with Crippen LogP contribution in [0.4, 0.5) is 4.39 Å². The Morgan fingerprint density at radius 2 is 1.74 bits per heavy atom. The van der Waals surface area contributed by atoms with Crippen LogP contribution in [0.5, 0.6) is 0 Å². The lowest BCUT2D eigenvalue weighted by atomic mass is 9.85. The molecule has 1 atom stereocenters. The molecule has 1 aliphatic heterocycles. The number of hydrogen-bond acceptors (Lipinski definition) is 2. The quantitative estimate of drug-likeness (QED) is 0.714. The Morgan fingerprint density at radius 3 is 2.41 bits per heavy atom. The monoisotopic (exact) mass is 365 g/mol. The molecule has 3 heteroatoms. The number of likely N-dealkylation sites (tertiary alicyclic amines) is 1. The van der Waals surface area contributed by atoms with E-state index in [0.29, 0.717) is 12.3 Å². The first kappa shape index (κ1) is 18.4. The number of rotatable bonds is 4. The van der Waals surface area contributed by atoms with Crippen LogP contribution in [-0.4, -0.2) is 29.4 Å². The van der Waals surface area contributed by atoms with E-state index in [1.807, 2.05) is 36.4 Å². The minimum Gasteiger partial charge on any atom is -0.294 e. The molecule has 1 aliphatic carbocycles. The summed E-state index contributed by atoms with van der Waals surface area (Å²) >= 11 is 0. The topological polar surface area (TPSA) is 20.3 Å². The fourth-order valence-electron chi connectivity index (χ4n) is 4.90. The highest BCUT2D eigenvalue weighted by Crippen LogP contribution is 2.39. The molecular formula is C24H28FNO. The molecule has 0 aromatic heterocycles. The van der Waals surface area contributed by atoms with Crippen molar-refractivity contribution in [2.45, 2.75) is 57.2 Å². The second-order valence-electron chi connectivity index (χ2n) is 8.53. The van der Waals surface area contributed by atoms with Crippen LogP contribution in [0.3, 0.4) is 0 Å². The minimum atomic E-state index is -1.29. The summed E-state index contributed by atoms with van der Waals surface area (Å²) in [5.41, 5.74) is 3.24. The van der Waals surface area contributed by atoms with E-state index >= 15 is 4.39 Å². The molecule has 0 saturated carbocycles. The number of aryl methyl sites for hydroxylation is 1. The predicted octanol–water partition coefficient (Wildman–Crippen LogP) is 5.48. The molecule has 1 unspecified atom stereocenters. The Bertz CT molecular complexity index is 816. The maximum atomic E-state index is 15.1. The molecule has 1 fully saturated rings. The number of benzene rings is 2. The average molecular weight is 365 g/mol. The molecule has 27 heavy (non-hydrogen) atoms. The number of alkyl halides is 1. The van der Waals surface area contributed by atoms with Crippen molar-refractivity contribution in [3.63, 3.8) is 0 Å². The van der Waals surface area contributed by atoms with E-state index in [4.69, 9.17) is 0 Å². The number of nitrogens with zero attached hydrogens (tertiary/aromatic N) is 1. The highest BCUT2D eigenvalue weighted by molar-refractivity contribution is 6.00. The zero-order valence-electron chi connectivity index (χ0n) is 16.2. The maximum absolute atomic E-state index is 15.1. The lowest BCUT2D eigenvalue weighted by Crippen LogP contribution is -2.43. The number of fused-ring (bicyclic) bond motifs is 1. The van der Waals surface area contributed by atoms with Crippen molar-refractivity contribution in [3.8, 4) is 0 Å². The molecule has 1 saturated heterocycles. The third-order valence-electron chi connectivity index (χ3n) is 6.18. The number of piperidine rings is 1. The van der Waals surface area contributed by atoms with Gasteiger partial charge < -0.3 is 0 Å². The standard InChI is InChI=1S/C24H28FNO/c1-24(2,25)23(18-6-4-3-5-7-18)26-14-12-17(13-15-26)19-8-10-21-20(16-19)9-11-22(21)27/h3-8,10,16-17,23H,9,11-15H2,1-2H3. The van der Waals surface area contributed by atoms with E-state index in [1.165, 1.54) is 11.1 Å². The zero-order chi connectivity index (χ0) is 19.0. The van der Waals surface area contributed by atoms with Crippen LogP contribution >= 0.6 is 0 Å². The van der Waals surface area contributed by atoms with Crippen molar-refractivity contribution in [2.75, 3.05) is 13.1 Å². The van der Waals surface area contributed by atoms with Gasteiger partial charge in [0, 0.05) is 12.0 Å². The molecule has 0 radical (unpaired) electrons. The predicted molar refractivity (Wildman–Crippen MR) is 107 cm³/mol. The molecule has 2 aliphatic rings. The van der Waals surface area contributed by atoms with Gasteiger partial charge in [0.15, 0.2) is 5.78 Å². The second kappa shape index (κ2) is 7.20. The average Bonchev–Trinajstić information content (AvgIpc) is 3.03. The number of carbonyl (C=O) groups excluding carboxylic acids is 1. The summed E-state index contributed by atoms with van der Waals surface area (Å²) in [7, 11) is 0. The van der Waals surface area contributed by atoms with Crippen LogP contribution in [0.15, 0.2) is 48.5 Å². The first-order valence-corrected chi connectivity index (χ1v) is 10.1. The molecule has 0 bridgehead atoms. The molecule has 0 N–H and O–H groups in total. The van der Waals surface area contributed by atoms with E-state index in [2.05, 4.69) is 17.0 Å². The van der Waals surface area contributed by atoms with Gasteiger partial charge in [-0.3, -0.25) is 9.69 Å². The summed E-state index contributed by atoms with van der Waals surface area (Å²) in [6.45, 7) is 5.17. The Labute approximate surface area is 161 Å². The highest BCUT2D eigenvalue weighted by atomic mass is 19.1. The Hall–Kier alpha value is -2.00. The van der Waals surface area contributed by atoms with Crippen molar-refractivity contribution in [3.05, 3.63) is 70.8 Å². The minimum absolute atomic E-state index is 0.211. The molecule has 2 nitrogen and oxygen atoms in total. The zero-order valence-corrected chi connectivity index (χ0v) is 16.2. The van der Waals surface area contributed by atoms with Crippen LogP contribution in [0, 0.1) is 0 Å². The van der Waals surface area contributed by atoms with Crippen molar-refractivity contribution in [1.82, 2.24) is 4.90 Å². The third-order valence-corrected chi connectivity index (χ3v) is 6.18. The summed E-state index contributed by atoms with van der Waals surface area (Å²) < 4.78 is 15.1. The van der Waals surface area contributed by atoms with Crippen LogP contribution < -0.4 is 0 Å². The number of halogens is 1. The molecule has 0 spiro atoms. The summed E-state index contributed by atoms with van der Waals surface area (Å²) in [5, 5.41) is 0. The molecule has 2 aromatic rings. The van der Waals surface area contributed by atoms with Crippen molar-refractivity contribution in [2.24, 2.45) is 0 Å². The molecule has 0 amide bonds. The largest absolute Gasteiger partial charge is 0.294 e. The van der Waals surface area contributed by atoms with E-state index in [0.717, 1.165) is 43.5 Å². The second-order valence-corrected chi connectivity index (χ2v) is 8.53. The number of hydrogen-bond donors (Lipinski definition) is 0. The van der Waals surface area contributed by atoms with Gasteiger partial charge in [-0.15, -0.1) is 0 Å². The summed E-state index contributed by atoms with van der Waals surface area (Å²) in [6.07, 6.45) is 3.60. The first-order chi connectivity index (χ1) is 12.9. The summed E-state index contributed by atoms with van der Waals surface area (Å²) in [6, 6.07) is 16.2. The molecule has 1 heterocycles. The van der Waals surface area contributed by atoms with Gasteiger partial charge in [-0.2, -0.15) is 0 Å². The van der Waals surface area contributed by atoms with Crippen LogP contribution in [0.1, 0.15) is 72.1 Å². The smallest absolute Gasteiger partial charge is 0.163 e. The van der Waals surface area contributed by atoms with Crippen LogP contribution in [0.2, 0.25) is 0 Å². The fraction of sp³-hybridized carbons (Fsp3) is 0.458. The first-order valence-electron chi connectivity index (χ1n) is 10.1. The van der Waals surface area contributed by atoms with Gasteiger partial charge in [0.25, 0.3) is 0 Å². The number of carbonyl (C=O) groups is 1. The van der Waals surface area contributed by atoms with Crippen molar-refractivity contribution >= 4 is 5.78 Å². The maximum Gasteiger partial charge on any atom is 0.163 e. The van der Waals surface area contributed by atoms with Gasteiger partial charge in [-0.1, -0.05) is 48.5 Å². The normalized spacial score (nSPS) is 19.9. The fourth-order valence-corrected chi connectivity index (χ4v) is 4.90. The molecule has 4 rings (SSSR count). The molecule has 142 valence electrons. The van der Waals surface area contributed by atoms with Gasteiger partial charge in [-0.25, -0.2) is 4.39 Å². The summed E-state index contributed by atoms with van der Waals surface area (Å²) in [5.74, 6) is 0.781. The van der Waals surface area contributed by atoms with Gasteiger partial charge >= 0.3 is 0 Å². The van der Waals surface area contributed by atoms with Gasteiger partial charge in [0.05, 0.1) is 6.04 Å². The highest BCUT2D eigenvalue weighted by Gasteiger charge is 2.37. The van der Waals surface area contributed by atoms with Crippen molar-refractivity contribution < 1.29 is 9.18 Å². The Morgan fingerprint density at radius 1 is 1.04 bits per heavy atom. The number of Topliss-reactive ketones (excluding diaryl/α,β-unsaturated/α-hetero) is 1. The van der Waals surface area contributed by atoms with Gasteiger partial charge in [0.1, 0.15) is 5.67 Å². The Balaban J connectivity index is 1.49. The lowest BCUT2D eigenvalue weighted by molar-refractivity contribution is 0.0334. The van der Waals surface area contributed by atoms with E-state index in [9.17, 15) is 4.79 Å². The van der Waals surface area contributed by atoms with Crippen LogP contribution in [0.25, 0.3) is 0 Å². The lowest BCUT2D eigenvalue weighted by Gasteiger charge is -2.42. The van der Waals surface area contributed by atoms with Gasteiger partial charge in [-0.05, 0) is 68.8 Å².